The molecule has 15 heavy (non-hydrogen) atoms. The second kappa shape index (κ2) is 6.08. The van der Waals surface area contributed by atoms with Crippen molar-refractivity contribution in [3.8, 4) is 0 Å². The highest BCUT2D eigenvalue weighted by molar-refractivity contribution is 5.77. The minimum Gasteiger partial charge on any atom is -0.394 e. The SMILES string of the molecule is CNCCC(=O)NC1(CO)CCCCC1. The summed E-state index contributed by atoms with van der Waals surface area (Å²) >= 11 is 0. The van der Waals surface area contributed by atoms with Crippen LogP contribution in [0.1, 0.15) is 38.5 Å². The molecule has 0 bridgehead atoms. The molecule has 1 aliphatic rings. The van der Waals surface area contributed by atoms with Crippen LogP contribution in [-0.2, 0) is 4.79 Å². The van der Waals surface area contributed by atoms with Crippen LogP contribution < -0.4 is 10.6 Å². The van der Waals surface area contributed by atoms with Crippen LogP contribution in [0.3, 0.4) is 0 Å². The van der Waals surface area contributed by atoms with Crippen molar-refractivity contribution < 1.29 is 9.90 Å². The van der Waals surface area contributed by atoms with Crippen LogP contribution in [-0.4, -0.2) is 36.8 Å². The van der Waals surface area contributed by atoms with Crippen molar-refractivity contribution in [2.24, 2.45) is 0 Å². The van der Waals surface area contributed by atoms with Crippen LogP contribution in [0.5, 0.6) is 0 Å². The lowest BCUT2D eigenvalue weighted by Crippen LogP contribution is -2.52. The summed E-state index contributed by atoms with van der Waals surface area (Å²) in [6.07, 6.45) is 5.73. The third-order valence-electron chi connectivity index (χ3n) is 3.12. The molecule has 1 fully saturated rings. The highest BCUT2D eigenvalue weighted by Gasteiger charge is 2.32. The van der Waals surface area contributed by atoms with Crippen LogP contribution in [0.2, 0.25) is 0 Å². The Labute approximate surface area is 91.4 Å². The van der Waals surface area contributed by atoms with E-state index in [-0.39, 0.29) is 18.1 Å². The van der Waals surface area contributed by atoms with Gasteiger partial charge in [0.1, 0.15) is 0 Å². The molecule has 4 heteroatoms. The van der Waals surface area contributed by atoms with E-state index in [1.54, 1.807) is 0 Å². The zero-order chi connectivity index (χ0) is 11.1. The fourth-order valence-corrected chi connectivity index (χ4v) is 2.15. The summed E-state index contributed by atoms with van der Waals surface area (Å²) in [5.74, 6) is 0.0419. The van der Waals surface area contributed by atoms with E-state index in [1.165, 1.54) is 6.42 Å². The van der Waals surface area contributed by atoms with Crippen molar-refractivity contribution in [3.63, 3.8) is 0 Å². The van der Waals surface area contributed by atoms with Crippen molar-refractivity contribution in [1.82, 2.24) is 10.6 Å². The van der Waals surface area contributed by atoms with E-state index in [0.29, 0.717) is 13.0 Å². The van der Waals surface area contributed by atoms with Crippen LogP contribution in [0.15, 0.2) is 0 Å². The number of carbonyl (C=O) groups is 1. The first kappa shape index (κ1) is 12.5. The average Bonchev–Trinajstić information content (AvgIpc) is 2.27. The Hall–Kier alpha value is -0.610. The quantitative estimate of drug-likeness (QED) is 0.621. The molecule has 88 valence electrons. The number of carbonyl (C=O) groups excluding carboxylic acids is 1. The standard InChI is InChI=1S/C11H22N2O2/c1-12-8-5-10(15)13-11(9-14)6-3-2-4-7-11/h12,14H,2-9H2,1H3,(H,13,15). The normalized spacial score (nSPS) is 19.9. The lowest BCUT2D eigenvalue weighted by molar-refractivity contribution is -0.124. The number of aliphatic hydroxyl groups excluding tert-OH is 1. The fraction of sp³-hybridized carbons (Fsp3) is 0.909. The Kier molecular flexibility index (Phi) is 5.05. The Balaban J connectivity index is 2.40. The second-order valence-electron chi connectivity index (χ2n) is 4.40. The lowest BCUT2D eigenvalue weighted by Gasteiger charge is -2.36. The van der Waals surface area contributed by atoms with Gasteiger partial charge in [-0.05, 0) is 19.9 Å². The van der Waals surface area contributed by atoms with Crippen molar-refractivity contribution in [3.05, 3.63) is 0 Å². The molecular weight excluding hydrogens is 192 g/mol. The van der Waals surface area contributed by atoms with E-state index in [9.17, 15) is 9.90 Å². The molecular formula is C11H22N2O2. The van der Waals surface area contributed by atoms with Gasteiger partial charge < -0.3 is 15.7 Å². The molecule has 1 aliphatic carbocycles. The summed E-state index contributed by atoms with van der Waals surface area (Å²) in [7, 11) is 1.83. The van der Waals surface area contributed by atoms with Gasteiger partial charge in [0.15, 0.2) is 0 Å². The first-order chi connectivity index (χ1) is 7.22. The molecule has 1 saturated carbocycles. The van der Waals surface area contributed by atoms with E-state index < -0.39 is 0 Å². The fourth-order valence-electron chi connectivity index (χ4n) is 2.15. The highest BCUT2D eigenvalue weighted by Crippen LogP contribution is 2.27. The Morgan fingerprint density at radius 2 is 2.00 bits per heavy atom. The predicted molar refractivity (Wildman–Crippen MR) is 59.6 cm³/mol. The van der Waals surface area contributed by atoms with Gasteiger partial charge in [-0.25, -0.2) is 0 Å². The molecule has 0 heterocycles. The first-order valence-corrected chi connectivity index (χ1v) is 5.79. The summed E-state index contributed by atoms with van der Waals surface area (Å²) in [5, 5.41) is 15.3. The van der Waals surface area contributed by atoms with Gasteiger partial charge in [-0.15, -0.1) is 0 Å². The van der Waals surface area contributed by atoms with Gasteiger partial charge in [0.25, 0.3) is 0 Å². The topological polar surface area (TPSA) is 61.4 Å². The summed E-state index contributed by atoms with van der Waals surface area (Å²) < 4.78 is 0. The summed E-state index contributed by atoms with van der Waals surface area (Å²) in [4.78, 5) is 11.6. The molecule has 0 spiro atoms. The zero-order valence-electron chi connectivity index (χ0n) is 9.51. The van der Waals surface area contributed by atoms with Crippen LogP contribution in [0.25, 0.3) is 0 Å². The monoisotopic (exact) mass is 214 g/mol. The van der Waals surface area contributed by atoms with Crippen molar-refractivity contribution in [2.45, 2.75) is 44.1 Å². The predicted octanol–water partition coefficient (Wildman–Crippen LogP) is 0.407. The first-order valence-electron chi connectivity index (χ1n) is 5.79. The maximum atomic E-state index is 11.6. The number of rotatable bonds is 5. The second-order valence-corrected chi connectivity index (χ2v) is 4.40. The molecule has 0 aromatic heterocycles. The van der Waals surface area contributed by atoms with Gasteiger partial charge in [0.2, 0.25) is 5.91 Å². The van der Waals surface area contributed by atoms with Gasteiger partial charge in [-0.2, -0.15) is 0 Å². The molecule has 0 aromatic carbocycles. The number of amides is 1. The summed E-state index contributed by atoms with van der Waals surface area (Å²) in [5.41, 5.74) is -0.330. The molecule has 0 aromatic rings. The molecule has 3 N–H and O–H groups in total. The minimum absolute atomic E-state index is 0.0419. The third-order valence-corrected chi connectivity index (χ3v) is 3.12. The van der Waals surface area contributed by atoms with Gasteiger partial charge in [-0.3, -0.25) is 4.79 Å². The molecule has 0 unspecified atom stereocenters. The van der Waals surface area contributed by atoms with E-state index in [0.717, 1.165) is 25.7 Å². The Morgan fingerprint density at radius 1 is 1.33 bits per heavy atom. The number of hydrogen-bond donors (Lipinski definition) is 3. The largest absolute Gasteiger partial charge is 0.394 e. The van der Waals surface area contributed by atoms with Crippen LogP contribution in [0.4, 0.5) is 0 Å². The molecule has 4 nitrogen and oxygen atoms in total. The Bertz CT molecular complexity index is 201. The molecule has 0 aliphatic heterocycles. The van der Waals surface area contributed by atoms with E-state index in [2.05, 4.69) is 10.6 Å². The maximum Gasteiger partial charge on any atom is 0.221 e. The lowest BCUT2D eigenvalue weighted by atomic mass is 9.82. The van der Waals surface area contributed by atoms with Gasteiger partial charge in [-0.1, -0.05) is 19.3 Å². The van der Waals surface area contributed by atoms with E-state index >= 15 is 0 Å². The highest BCUT2D eigenvalue weighted by atomic mass is 16.3. The number of aliphatic hydroxyl groups is 1. The smallest absolute Gasteiger partial charge is 0.221 e. The molecule has 0 saturated heterocycles. The Morgan fingerprint density at radius 3 is 2.53 bits per heavy atom. The van der Waals surface area contributed by atoms with Crippen molar-refractivity contribution >= 4 is 5.91 Å². The third kappa shape index (κ3) is 3.80. The van der Waals surface area contributed by atoms with Gasteiger partial charge in [0.05, 0.1) is 12.1 Å². The van der Waals surface area contributed by atoms with Crippen molar-refractivity contribution in [1.29, 1.82) is 0 Å². The zero-order valence-corrected chi connectivity index (χ0v) is 9.51. The van der Waals surface area contributed by atoms with Crippen molar-refractivity contribution in [2.75, 3.05) is 20.2 Å². The number of nitrogens with one attached hydrogen (secondary N) is 2. The molecule has 0 radical (unpaired) electrons. The van der Waals surface area contributed by atoms with E-state index in [4.69, 9.17) is 0 Å². The number of hydrogen-bond acceptors (Lipinski definition) is 3. The molecule has 0 atom stereocenters. The van der Waals surface area contributed by atoms with Crippen LogP contribution in [0, 0.1) is 0 Å². The minimum atomic E-state index is -0.330. The van der Waals surface area contributed by atoms with Gasteiger partial charge in [0, 0.05) is 13.0 Å². The molecule has 1 rings (SSSR count). The summed E-state index contributed by atoms with van der Waals surface area (Å²) in [6.45, 7) is 0.756. The van der Waals surface area contributed by atoms with Gasteiger partial charge >= 0.3 is 0 Å². The molecule has 1 amide bonds. The van der Waals surface area contributed by atoms with E-state index in [1.807, 2.05) is 7.05 Å². The maximum absolute atomic E-state index is 11.6. The summed E-state index contributed by atoms with van der Waals surface area (Å²) in [6, 6.07) is 0. The van der Waals surface area contributed by atoms with Crippen LogP contribution >= 0.6 is 0 Å². The average molecular weight is 214 g/mol.